The van der Waals surface area contributed by atoms with Gasteiger partial charge in [-0.3, -0.25) is 4.79 Å². The van der Waals surface area contributed by atoms with Gasteiger partial charge in [0, 0.05) is 12.4 Å². The number of ether oxygens (including phenoxy) is 1. The summed E-state index contributed by atoms with van der Waals surface area (Å²) in [6.45, 7) is 7.47. The topological polar surface area (TPSA) is 71.2 Å². The molecule has 0 aliphatic heterocycles. The second-order valence-corrected chi connectivity index (χ2v) is 4.20. The standard InChI is InChI=1S/C14H20N2O3/c1-4-6-7-12(14(18)19-5-2)16-13(17)11-9-15-8-10(11)3/h4,8-9,12,15H,1,5-7H2,2-3H3,(H,16,17)/t12-/m0/s1. The van der Waals surface area contributed by atoms with Crippen LogP contribution in [0.15, 0.2) is 25.0 Å². The van der Waals surface area contributed by atoms with Gasteiger partial charge in [-0.25, -0.2) is 4.79 Å². The largest absolute Gasteiger partial charge is 0.464 e. The number of H-pyrrole nitrogens is 1. The number of carbonyl (C=O) groups excluding carboxylic acids is 2. The lowest BCUT2D eigenvalue weighted by atomic mass is 10.1. The number of amides is 1. The third kappa shape index (κ3) is 4.28. The molecule has 0 aliphatic rings. The van der Waals surface area contributed by atoms with Crippen LogP contribution in [-0.2, 0) is 9.53 Å². The van der Waals surface area contributed by atoms with Crippen LogP contribution < -0.4 is 5.32 Å². The van der Waals surface area contributed by atoms with Crippen molar-refractivity contribution in [3.05, 3.63) is 36.2 Å². The van der Waals surface area contributed by atoms with Crippen LogP contribution >= 0.6 is 0 Å². The fraction of sp³-hybridized carbons (Fsp3) is 0.429. The van der Waals surface area contributed by atoms with Crippen LogP contribution in [0.5, 0.6) is 0 Å². The van der Waals surface area contributed by atoms with Gasteiger partial charge in [-0.15, -0.1) is 6.58 Å². The second kappa shape index (κ2) is 7.41. The lowest BCUT2D eigenvalue weighted by molar-refractivity contribution is -0.145. The zero-order chi connectivity index (χ0) is 14.3. The van der Waals surface area contributed by atoms with E-state index in [0.717, 1.165) is 5.56 Å². The van der Waals surface area contributed by atoms with E-state index in [1.165, 1.54) is 0 Å². The van der Waals surface area contributed by atoms with Gasteiger partial charge in [0.15, 0.2) is 0 Å². The van der Waals surface area contributed by atoms with Gasteiger partial charge in [0.25, 0.3) is 5.91 Å². The van der Waals surface area contributed by atoms with Crippen molar-refractivity contribution in [1.82, 2.24) is 10.3 Å². The molecule has 1 atom stereocenters. The Morgan fingerprint density at radius 2 is 2.26 bits per heavy atom. The number of aromatic nitrogens is 1. The maximum atomic E-state index is 12.0. The minimum atomic E-state index is -0.639. The first-order valence-electron chi connectivity index (χ1n) is 6.31. The Kier molecular flexibility index (Phi) is 5.85. The predicted octanol–water partition coefficient (Wildman–Crippen LogP) is 1.95. The van der Waals surface area contributed by atoms with Crippen molar-refractivity contribution in [1.29, 1.82) is 0 Å². The molecule has 1 amide bonds. The smallest absolute Gasteiger partial charge is 0.328 e. The van der Waals surface area contributed by atoms with Crippen LogP contribution in [-0.4, -0.2) is 29.5 Å². The maximum absolute atomic E-state index is 12.0. The number of rotatable bonds is 7. The van der Waals surface area contributed by atoms with Crippen molar-refractivity contribution in [2.75, 3.05) is 6.61 Å². The summed E-state index contributed by atoms with van der Waals surface area (Å²) in [6, 6.07) is -0.639. The number of allylic oxidation sites excluding steroid dienone is 1. The monoisotopic (exact) mass is 264 g/mol. The molecule has 0 unspecified atom stereocenters. The van der Waals surface area contributed by atoms with E-state index in [4.69, 9.17) is 4.74 Å². The normalized spacial score (nSPS) is 11.7. The SMILES string of the molecule is C=CCC[C@H](NC(=O)c1c[nH]cc1C)C(=O)OCC. The molecule has 0 radical (unpaired) electrons. The molecule has 0 aliphatic carbocycles. The average molecular weight is 264 g/mol. The molecule has 0 fully saturated rings. The molecule has 1 rings (SSSR count). The van der Waals surface area contributed by atoms with Gasteiger partial charge in [-0.2, -0.15) is 0 Å². The summed E-state index contributed by atoms with van der Waals surface area (Å²) in [7, 11) is 0. The van der Waals surface area contributed by atoms with E-state index in [9.17, 15) is 9.59 Å². The molecule has 1 aromatic rings. The Hall–Kier alpha value is -2.04. The van der Waals surface area contributed by atoms with E-state index in [1.54, 1.807) is 25.4 Å². The fourth-order valence-electron chi connectivity index (χ4n) is 1.70. The van der Waals surface area contributed by atoms with Gasteiger partial charge in [0.2, 0.25) is 0 Å². The molecule has 104 valence electrons. The first-order chi connectivity index (χ1) is 9.10. The van der Waals surface area contributed by atoms with Gasteiger partial charge in [0.1, 0.15) is 6.04 Å². The number of aromatic amines is 1. The van der Waals surface area contributed by atoms with Crippen molar-refractivity contribution < 1.29 is 14.3 Å². The minimum absolute atomic E-state index is 0.277. The van der Waals surface area contributed by atoms with Crippen molar-refractivity contribution in [3.8, 4) is 0 Å². The summed E-state index contributed by atoms with van der Waals surface area (Å²) >= 11 is 0. The van der Waals surface area contributed by atoms with E-state index in [1.807, 2.05) is 6.92 Å². The first-order valence-corrected chi connectivity index (χ1v) is 6.31. The highest BCUT2D eigenvalue weighted by atomic mass is 16.5. The summed E-state index contributed by atoms with van der Waals surface area (Å²) in [5, 5.41) is 2.70. The number of aryl methyl sites for hydroxylation is 1. The molecule has 19 heavy (non-hydrogen) atoms. The second-order valence-electron chi connectivity index (χ2n) is 4.20. The van der Waals surface area contributed by atoms with Crippen molar-refractivity contribution >= 4 is 11.9 Å². The lowest BCUT2D eigenvalue weighted by Crippen LogP contribution is -2.41. The van der Waals surface area contributed by atoms with E-state index < -0.39 is 12.0 Å². The van der Waals surface area contributed by atoms with E-state index in [-0.39, 0.29) is 5.91 Å². The Labute approximate surface area is 113 Å². The Balaban J connectivity index is 2.71. The zero-order valence-corrected chi connectivity index (χ0v) is 11.4. The zero-order valence-electron chi connectivity index (χ0n) is 11.4. The summed E-state index contributed by atoms with van der Waals surface area (Å²) < 4.78 is 4.95. The number of esters is 1. The van der Waals surface area contributed by atoms with E-state index >= 15 is 0 Å². The molecule has 0 bridgehead atoms. The number of carbonyl (C=O) groups is 2. The van der Waals surface area contributed by atoms with Crippen LogP contribution in [0.3, 0.4) is 0 Å². The number of hydrogen-bond donors (Lipinski definition) is 2. The maximum Gasteiger partial charge on any atom is 0.328 e. The van der Waals surface area contributed by atoms with Crippen molar-refractivity contribution in [2.45, 2.75) is 32.7 Å². The van der Waals surface area contributed by atoms with Gasteiger partial charge in [0.05, 0.1) is 12.2 Å². The summed E-state index contributed by atoms with van der Waals surface area (Å²) in [6.07, 6.45) is 6.17. The molecular weight excluding hydrogens is 244 g/mol. The van der Waals surface area contributed by atoms with Gasteiger partial charge < -0.3 is 15.0 Å². The molecule has 2 N–H and O–H groups in total. The molecular formula is C14H20N2O3. The molecule has 0 saturated carbocycles. The van der Waals surface area contributed by atoms with Crippen LogP contribution in [0.25, 0.3) is 0 Å². The third-order valence-corrected chi connectivity index (χ3v) is 2.73. The molecule has 5 heteroatoms. The average Bonchev–Trinajstić information content (AvgIpc) is 2.80. The number of nitrogens with one attached hydrogen (secondary N) is 2. The van der Waals surface area contributed by atoms with Crippen LogP contribution in [0.2, 0.25) is 0 Å². The predicted molar refractivity (Wildman–Crippen MR) is 72.8 cm³/mol. The highest BCUT2D eigenvalue weighted by Crippen LogP contribution is 2.08. The molecule has 0 saturated heterocycles. The summed E-state index contributed by atoms with van der Waals surface area (Å²) in [4.78, 5) is 26.7. The van der Waals surface area contributed by atoms with Crippen LogP contribution in [0.4, 0.5) is 0 Å². The minimum Gasteiger partial charge on any atom is -0.464 e. The Bertz CT molecular complexity index is 451. The quantitative estimate of drug-likeness (QED) is 0.584. The Morgan fingerprint density at radius 1 is 1.53 bits per heavy atom. The Morgan fingerprint density at radius 3 is 2.79 bits per heavy atom. The number of hydrogen-bond acceptors (Lipinski definition) is 3. The van der Waals surface area contributed by atoms with E-state index in [2.05, 4.69) is 16.9 Å². The van der Waals surface area contributed by atoms with Crippen molar-refractivity contribution in [2.24, 2.45) is 0 Å². The molecule has 0 aromatic carbocycles. The van der Waals surface area contributed by atoms with Gasteiger partial charge in [-0.05, 0) is 32.3 Å². The molecule has 5 nitrogen and oxygen atoms in total. The van der Waals surface area contributed by atoms with E-state index in [0.29, 0.717) is 25.0 Å². The lowest BCUT2D eigenvalue weighted by Gasteiger charge is -2.16. The van der Waals surface area contributed by atoms with Gasteiger partial charge in [-0.1, -0.05) is 6.08 Å². The van der Waals surface area contributed by atoms with Gasteiger partial charge >= 0.3 is 5.97 Å². The molecule has 0 spiro atoms. The summed E-state index contributed by atoms with van der Waals surface area (Å²) in [5.41, 5.74) is 1.37. The van der Waals surface area contributed by atoms with Crippen LogP contribution in [0, 0.1) is 6.92 Å². The summed E-state index contributed by atoms with van der Waals surface area (Å²) in [5.74, 6) is -0.688. The third-order valence-electron chi connectivity index (χ3n) is 2.73. The molecule has 1 heterocycles. The fourth-order valence-corrected chi connectivity index (χ4v) is 1.70. The molecule has 1 aromatic heterocycles. The highest BCUT2D eigenvalue weighted by Gasteiger charge is 2.22. The first kappa shape index (κ1) is 15.0. The van der Waals surface area contributed by atoms with Crippen molar-refractivity contribution in [3.63, 3.8) is 0 Å². The van der Waals surface area contributed by atoms with Crippen LogP contribution in [0.1, 0.15) is 35.7 Å². The highest BCUT2D eigenvalue weighted by molar-refractivity contribution is 5.97.